The fourth-order valence-corrected chi connectivity index (χ4v) is 3.01. The number of fused-ring (bicyclic) bond motifs is 1. The lowest BCUT2D eigenvalue weighted by Crippen LogP contribution is -2.38. The zero-order valence-electron chi connectivity index (χ0n) is 12.1. The zero-order chi connectivity index (χ0) is 15.0. The molecule has 0 radical (unpaired) electrons. The molecule has 0 unspecified atom stereocenters. The quantitative estimate of drug-likeness (QED) is 0.848. The van der Waals surface area contributed by atoms with Gasteiger partial charge in [-0.2, -0.15) is 0 Å². The van der Waals surface area contributed by atoms with Crippen LogP contribution < -0.4 is 0 Å². The molecule has 0 atom stereocenters. The SMILES string of the molecule is CC1CCN(CC2=C(O)c3ccccc3C(=O)C2=O)CC1. The Bertz CT molecular complexity index is 625. The van der Waals surface area contributed by atoms with Crippen molar-refractivity contribution in [1.82, 2.24) is 4.90 Å². The Kier molecular flexibility index (Phi) is 3.64. The van der Waals surface area contributed by atoms with Crippen molar-refractivity contribution in [3.05, 3.63) is 41.0 Å². The van der Waals surface area contributed by atoms with Gasteiger partial charge in [0.1, 0.15) is 5.76 Å². The van der Waals surface area contributed by atoms with Crippen molar-refractivity contribution >= 4 is 17.3 Å². The molecule has 1 aromatic rings. The van der Waals surface area contributed by atoms with Crippen molar-refractivity contribution < 1.29 is 14.7 Å². The van der Waals surface area contributed by atoms with Gasteiger partial charge in [-0.05, 0) is 31.8 Å². The number of rotatable bonds is 2. The number of aliphatic hydroxyl groups excluding tert-OH is 1. The Hall–Kier alpha value is -1.94. The van der Waals surface area contributed by atoms with Gasteiger partial charge in [0.15, 0.2) is 0 Å². The van der Waals surface area contributed by atoms with Gasteiger partial charge in [0.2, 0.25) is 11.6 Å². The van der Waals surface area contributed by atoms with Crippen LogP contribution in [0.25, 0.3) is 5.76 Å². The standard InChI is InChI=1S/C17H19NO3/c1-11-6-8-18(9-7-11)10-14-15(19)12-4-2-3-5-13(12)16(20)17(14)21/h2-5,11,19H,6-10H2,1H3. The number of ketones is 2. The highest BCUT2D eigenvalue weighted by molar-refractivity contribution is 6.52. The number of Topliss-reactive ketones (excluding diaryl/α,β-unsaturated/α-hetero) is 2. The van der Waals surface area contributed by atoms with Gasteiger partial charge in [-0.15, -0.1) is 0 Å². The van der Waals surface area contributed by atoms with E-state index in [9.17, 15) is 14.7 Å². The molecule has 0 amide bonds. The lowest BCUT2D eigenvalue weighted by atomic mass is 9.88. The number of nitrogens with zero attached hydrogens (tertiary/aromatic N) is 1. The van der Waals surface area contributed by atoms with Gasteiger partial charge in [-0.1, -0.05) is 31.2 Å². The van der Waals surface area contributed by atoms with E-state index in [1.807, 2.05) is 0 Å². The van der Waals surface area contributed by atoms with Crippen molar-refractivity contribution in [2.45, 2.75) is 19.8 Å². The molecule has 21 heavy (non-hydrogen) atoms. The number of carbonyl (C=O) groups excluding carboxylic acids is 2. The molecule has 1 saturated heterocycles. The van der Waals surface area contributed by atoms with Crippen LogP contribution in [-0.4, -0.2) is 41.2 Å². The van der Waals surface area contributed by atoms with Crippen molar-refractivity contribution in [3.8, 4) is 0 Å². The van der Waals surface area contributed by atoms with Crippen LogP contribution in [0.3, 0.4) is 0 Å². The van der Waals surface area contributed by atoms with Crippen LogP contribution in [0.15, 0.2) is 29.8 Å². The average Bonchev–Trinajstić information content (AvgIpc) is 2.51. The molecule has 4 nitrogen and oxygen atoms in total. The van der Waals surface area contributed by atoms with Crippen molar-refractivity contribution in [3.63, 3.8) is 0 Å². The molecule has 0 aromatic heterocycles. The van der Waals surface area contributed by atoms with Gasteiger partial charge in [-0.25, -0.2) is 0 Å². The Morgan fingerprint density at radius 2 is 1.71 bits per heavy atom. The lowest BCUT2D eigenvalue weighted by molar-refractivity contribution is -0.112. The Labute approximate surface area is 124 Å². The van der Waals surface area contributed by atoms with Crippen LogP contribution in [0.5, 0.6) is 0 Å². The molecule has 1 heterocycles. The van der Waals surface area contributed by atoms with Gasteiger partial charge in [0, 0.05) is 17.7 Å². The highest BCUT2D eigenvalue weighted by atomic mass is 16.3. The smallest absolute Gasteiger partial charge is 0.234 e. The summed E-state index contributed by atoms with van der Waals surface area (Å²) in [6.45, 7) is 4.39. The number of aliphatic hydroxyl groups is 1. The van der Waals surface area contributed by atoms with E-state index in [-0.39, 0.29) is 11.3 Å². The van der Waals surface area contributed by atoms with Gasteiger partial charge in [0.25, 0.3) is 0 Å². The van der Waals surface area contributed by atoms with Crippen LogP contribution in [0.2, 0.25) is 0 Å². The number of hydrogen-bond donors (Lipinski definition) is 1. The van der Waals surface area contributed by atoms with E-state index in [0.29, 0.717) is 23.6 Å². The number of piperidine rings is 1. The molecule has 2 aliphatic rings. The van der Waals surface area contributed by atoms with Gasteiger partial charge in [0.05, 0.1) is 5.57 Å². The highest BCUT2D eigenvalue weighted by Gasteiger charge is 2.33. The van der Waals surface area contributed by atoms with Crippen LogP contribution in [0, 0.1) is 5.92 Å². The Morgan fingerprint density at radius 1 is 1.10 bits per heavy atom. The third-order valence-corrected chi connectivity index (χ3v) is 4.45. The molecule has 1 N–H and O–H groups in total. The second-order valence-electron chi connectivity index (χ2n) is 5.99. The van der Waals surface area contributed by atoms with Crippen molar-refractivity contribution in [2.24, 2.45) is 5.92 Å². The minimum Gasteiger partial charge on any atom is -0.507 e. The van der Waals surface area contributed by atoms with Crippen LogP contribution >= 0.6 is 0 Å². The fourth-order valence-electron chi connectivity index (χ4n) is 3.01. The number of benzene rings is 1. The zero-order valence-corrected chi connectivity index (χ0v) is 12.1. The molecule has 0 spiro atoms. The van der Waals surface area contributed by atoms with E-state index in [2.05, 4.69) is 11.8 Å². The van der Waals surface area contributed by atoms with E-state index in [0.717, 1.165) is 25.9 Å². The lowest BCUT2D eigenvalue weighted by Gasteiger charge is -2.31. The van der Waals surface area contributed by atoms with Crippen LogP contribution in [0.4, 0.5) is 0 Å². The monoisotopic (exact) mass is 285 g/mol. The largest absolute Gasteiger partial charge is 0.507 e. The minimum atomic E-state index is -0.565. The van der Waals surface area contributed by atoms with Crippen LogP contribution in [0.1, 0.15) is 35.7 Å². The predicted octanol–water partition coefficient (Wildman–Crippen LogP) is 2.45. The summed E-state index contributed by atoms with van der Waals surface area (Å²) < 4.78 is 0. The van der Waals surface area contributed by atoms with Gasteiger partial charge < -0.3 is 5.11 Å². The summed E-state index contributed by atoms with van der Waals surface area (Å²) in [6.07, 6.45) is 2.18. The van der Waals surface area contributed by atoms with E-state index >= 15 is 0 Å². The highest BCUT2D eigenvalue weighted by Crippen LogP contribution is 2.28. The van der Waals surface area contributed by atoms with Crippen molar-refractivity contribution in [2.75, 3.05) is 19.6 Å². The Balaban J connectivity index is 1.90. The summed E-state index contributed by atoms with van der Waals surface area (Å²) in [7, 11) is 0. The first kappa shape index (κ1) is 14.0. The van der Waals surface area contributed by atoms with Gasteiger partial charge in [-0.3, -0.25) is 14.5 Å². The topological polar surface area (TPSA) is 57.6 Å². The Morgan fingerprint density at radius 3 is 2.38 bits per heavy atom. The normalized spacial score (nSPS) is 20.8. The first-order valence-corrected chi connectivity index (χ1v) is 7.41. The molecule has 3 rings (SSSR count). The summed E-state index contributed by atoms with van der Waals surface area (Å²) in [5, 5.41) is 10.4. The molecule has 0 saturated carbocycles. The third kappa shape index (κ3) is 2.51. The summed E-state index contributed by atoms with van der Waals surface area (Å²) in [5.41, 5.74) is 1.02. The summed E-state index contributed by atoms with van der Waals surface area (Å²) in [5.74, 6) is -0.407. The first-order chi connectivity index (χ1) is 10.1. The molecule has 1 aliphatic carbocycles. The number of hydrogen-bond acceptors (Lipinski definition) is 4. The second-order valence-corrected chi connectivity index (χ2v) is 5.99. The summed E-state index contributed by atoms with van der Waals surface area (Å²) in [6, 6.07) is 6.74. The van der Waals surface area contributed by atoms with E-state index in [1.54, 1.807) is 24.3 Å². The van der Waals surface area contributed by atoms with E-state index in [1.165, 1.54) is 0 Å². The second kappa shape index (κ2) is 5.45. The molecular formula is C17H19NO3. The third-order valence-electron chi connectivity index (χ3n) is 4.45. The summed E-state index contributed by atoms with van der Waals surface area (Å²) >= 11 is 0. The van der Waals surface area contributed by atoms with Crippen LogP contribution in [-0.2, 0) is 4.79 Å². The molecule has 0 bridgehead atoms. The maximum absolute atomic E-state index is 12.2. The first-order valence-electron chi connectivity index (χ1n) is 7.41. The van der Waals surface area contributed by atoms with Crippen molar-refractivity contribution in [1.29, 1.82) is 0 Å². The molecule has 1 aromatic carbocycles. The molecular weight excluding hydrogens is 266 g/mol. The molecule has 1 aliphatic heterocycles. The minimum absolute atomic E-state index is 0.0335. The van der Waals surface area contributed by atoms with E-state index < -0.39 is 11.6 Å². The molecule has 4 heteroatoms. The maximum atomic E-state index is 12.2. The van der Waals surface area contributed by atoms with Gasteiger partial charge >= 0.3 is 0 Å². The fraction of sp³-hybridized carbons (Fsp3) is 0.412. The maximum Gasteiger partial charge on any atom is 0.234 e. The average molecular weight is 285 g/mol. The summed E-state index contributed by atoms with van der Waals surface area (Å²) in [4.78, 5) is 26.5. The predicted molar refractivity (Wildman–Crippen MR) is 80.2 cm³/mol. The number of carbonyl (C=O) groups is 2. The molecule has 1 fully saturated rings. The molecule has 110 valence electrons. The van der Waals surface area contributed by atoms with E-state index in [4.69, 9.17) is 0 Å². The number of likely N-dealkylation sites (tertiary alicyclic amines) is 1.